The van der Waals surface area contributed by atoms with E-state index < -0.39 is 0 Å². The third-order valence-corrected chi connectivity index (χ3v) is 7.06. The Bertz CT molecular complexity index is 1750. The van der Waals surface area contributed by atoms with Crippen molar-refractivity contribution in [2.24, 2.45) is 9.98 Å². The van der Waals surface area contributed by atoms with Crippen molar-refractivity contribution in [1.82, 2.24) is 30.0 Å². The number of likely N-dealkylation sites (tertiary alicyclic amines) is 1. The molecule has 9 nitrogen and oxygen atoms in total. The fraction of sp³-hybridized carbons (Fsp3) is 0.233. The SMILES string of the molecule is C=NC=N/C=C(\C)c1cc2c(-c3nc4c(-c5cc(F)cc(OCCN6CCCC6)c5)cccc4[nH]3)n[nH]c2cn1. The van der Waals surface area contributed by atoms with Gasteiger partial charge in [0, 0.05) is 29.8 Å². The van der Waals surface area contributed by atoms with Gasteiger partial charge in [-0.15, -0.1) is 0 Å². The number of allylic oxidation sites excluding steroid dienone is 1. The maximum Gasteiger partial charge on any atom is 0.159 e. The molecule has 1 fully saturated rings. The van der Waals surface area contributed by atoms with Crippen LogP contribution in [0.1, 0.15) is 25.5 Å². The number of halogens is 1. The molecule has 40 heavy (non-hydrogen) atoms. The summed E-state index contributed by atoms with van der Waals surface area (Å²) in [5.74, 6) is 0.758. The Hall–Kier alpha value is -4.70. The average molecular weight is 537 g/mol. The number of aliphatic imine (C=N–C) groups is 2. The fourth-order valence-corrected chi connectivity index (χ4v) is 5.05. The molecule has 3 aromatic heterocycles. The molecule has 1 aliphatic rings. The zero-order chi connectivity index (χ0) is 27.5. The van der Waals surface area contributed by atoms with Crippen LogP contribution >= 0.6 is 0 Å². The van der Waals surface area contributed by atoms with E-state index >= 15 is 0 Å². The number of pyridine rings is 1. The summed E-state index contributed by atoms with van der Waals surface area (Å²) in [5.41, 5.74) is 6.11. The monoisotopic (exact) mass is 536 g/mol. The Morgan fingerprint density at radius 2 is 2.05 bits per heavy atom. The molecule has 0 radical (unpaired) electrons. The van der Waals surface area contributed by atoms with Gasteiger partial charge in [0.05, 0.1) is 28.4 Å². The largest absolute Gasteiger partial charge is 0.492 e. The van der Waals surface area contributed by atoms with Crippen LogP contribution in [0.5, 0.6) is 5.75 Å². The molecule has 0 saturated carbocycles. The summed E-state index contributed by atoms with van der Waals surface area (Å²) in [4.78, 5) is 22.9. The summed E-state index contributed by atoms with van der Waals surface area (Å²) in [7, 11) is 0. The lowest BCUT2D eigenvalue weighted by Gasteiger charge is -2.15. The minimum absolute atomic E-state index is 0.351. The molecule has 1 aliphatic heterocycles. The third kappa shape index (κ3) is 5.26. The van der Waals surface area contributed by atoms with E-state index in [1.165, 1.54) is 31.3 Å². The predicted molar refractivity (Wildman–Crippen MR) is 157 cm³/mol. The Kier molecular flexibility index (Phi) is 7.15. The van der Waals surface area contributed by atoms with Crippen LogP contribution in [0.4, 0.5) is 4.39 Å². The number of benzene rings is 2. The Balaban J connectivity index is 1.33. The van der Waals surface area contributed by atoms with Crippen LogP contribution in [0.15, 0.2) is 64.8 Å². The summed E-state index contributed by atoms with van der Waals surface area (Å²) < 4.78 is 20.6. The van der Waals surface area contributed by atoms with Crippen LogP contribution in [0.3, 0.4) is 0 Å². The average Bonchev–Trinajstić information content (AvgIpc) is 3.72. The quantitative estimate of drug-likeness (QED) is 0.181. The van der Waals surface area contributed by atoms with Crippen LogP contribution in [0.25, 0.3) is 50.2 Å². The highest BCUT2D eigenvalue weighted by atomic mass is 19.1. The van der Waals surface area contributed by atoms with E-state index in [1.807, 2.05) is 37.3 Å². The first-order valence-electron chi connectivity index (χ1n) is 13.2. The number of fused-ring (bicyclic) bond motifs is 2. The van der Waals surface area contributed by atoms with Crippen molar-refractivity contribution in [1.29, 1.82) is 0 Å². The molecule has 202 valence electrons. The van der Waals surface area contributed by atoms with Crippen molar-refractivity contribution in [3.63, 3.8) is 0 Å². The maximum atomic E-state index is 14.7. The minimum Gasteiger partial charge on any atom is -0.492 e. The van der Waals surface area contributed by atoms with Crippen LogP contribution in [-0.2, 0) is 0 Å². The normalized spacial score (nSPS) is 14.6. The van der Waals surface area contributed by atoms with Gasteiger partial charge in [0.2, 0.25) is 0 Å². The number of imidazole rings is 1. The molecule has 0 unspecified atom stereocenters. The van der Waals surface area contributed by atoms with Gasteiger partial charge in [0.1, 0.15) is 30.2 Å². The van der Waals surface area contributed by atoms with E-state index in [9.17, 15) is 4.39 Å². The second kappa shape index (κ2) is 11.2. The van der Waals surface area contributed by atoms with Crippen LogP contribution in [-0.4, -0.2) is 69.3 Å². The van der Waals surface area contributed by atoms with E-state index in [0.717, 1.165) is 58.4 Å². The number of nitrogens with one attached hydrogen (secondary N) is 2. The van der Waals surface area contributed by atoms with Crippen molar-refractivity contribution in [3.8, 4) is 28.4 Å². The van der Waals surface area contributed by atoms with Gasteiger partial charge in [-0.25, -0.2) is 14.4 Å². The molecule has 2 aromatic carbocycles. The van der Waals surface area contributed by atoms with Crippen LogP contribution < -0.4 is 4.74 Å². The summed E-state index contributed by atoms with van der Waals surface area (Å²) in [6.07, 6.45) is 7.25. The number of aromatic amines is 2. The second-order valence-electron chi connectivity index (χ2n) is 9.81. The molecule has 0 spiro atoms. The number of hydrogen-bond donors (Lipinski definition) is 2. The topological polar surface area (TPSA) is 107 Å². The Labute approximate surface area is 230 Å². The van der Waals surface area contributed by atoms with E-state index in [4.69, 9.17) is 9.72 Å². The number of nitrogens with zero attached hydrogens (tertiary/aromatic N) is 6. The van der Waals surface area contributed by atoms with Gasteiger partial charge in [-0.05, 0) is 75.0 Å². The molecule has 2 N–H and O–H groups in total. The highest BCUT2D eigenvalue weighted by Crippen LogP contribution is 2.34. The van der Waals surface area contributed by atoms with Crippen molar-refractivity contribution in [3.05, 3.63) is 66.4 Å². The van der Waals surface area contributed by atoms with E-state index in [2.05, 4.69) is 41.8 Å². The first-order valence-corrected chi connectivity index (χ1v) is 13.2. The molecule has 0 aliphatic carbocycles. The number of ether oxygens (including phenoxy) is 1. The van der Waals surface area contributed by atoms with E-state index in [0.29, 0.717) is 29.4 Å². The van der Waals surface area contributed by atoms with Crippen molar-refractivity contribution >= 4 is 40.6 Å². The molecule has 0 bridgehead atoms. The van der Waals surface area contributed by atoms with Gasteiger partial charge in [-0.3, -0.25) is 20.0 Å². The number of aromatic nitrogens is 5. The minimum atomic E-state index is -0.351. The molecule has 6 rings (SSSR count). The molecule has 0 amide bonds. The van der Waals surface area contributed by atoms with Crippen LogP contribution in [0.2, 0.25) is 0 Å². The van der Waals surface area contributed by atoms with Gasteiger partial charge in [-0.1, -0.05) is 12.1 Å². The van der Waals surface area contributed by atoms with Crippen molar-refractivity contribution in [2.75, 3.05) is 26.2 Å². The molecular formula is C30H29FN8O. The molecular weight excluding hydrogens is 507 g/mol. The fourth-order valence-electron chi connectivity index (χ4n) is 5.05. The van der Waals surface area contributed by atoms with Gasteiger partial charge in [0.15, 0.2) is 5.82 Å². The van der Waals surface area contributed by atoms with E-state index in [-0.39, 0.29) is 5.82 Å². The zero-order valence-electron chi connectivity index (χ0n) is 22.2. The molecule has 1 saturated heterocycles. The maximum absolute atomic E-state index is 14.7. The van der Waals surface area contributed by atoms with E-state index in [1.54, 1.807) is 12.4 Å². The Morgan fingerprint density at radius 3 is 2.90 bits per heavy atom. The van der Waals surface area contributed by atoms with Gasteiger partial charge in [0.25, 0.3) is 0 Å². The zero-order valence-corrected chi connectivity index (χ0v) is 22.2. The lowest BCUT2D eigenvalue weighted by atomic mass is 10.0. The lowest BCUT2D eigenvalue weighted by molar-refractivity contribution is 0.237. The summed E-state index contributed by atoms with van der Waals surface area (Å²) >= 11 is 0. The van der Waals surface area contributed by atoms with Gasteiger partial charge < -0.3 is 9.72 Å². The van der Waals surface area contributed by atoms with Crippen molar-refractivity contribution < 1.29 is 9.13 Å². The van der Waals surface area contributed by atoms with Gasteiger partial charge >= 0.3 is 0 Å². The highest BCUT2D eigenvalue weighted by molar-refractivity contribution is 5.97. The summed E-state index contributed by atoms with van der Waals surface area (Å²) in [6, 6.07) is 12.6. The highest BCUT2D eigenvalue weighted by Gasteiger charge is 2.17. The summed E-state index contributed by atoms with van der Waals surface area (Å²) in [6.45, 7) is 8.88. The standard InChI is InChI=1S/C30H29FN8O/c1-19(16-33-18-32-2)26-15-24-27(17-34-26)37-38-29(24)30-35-25-7-5-6-23(28(25)36-30)20-12-21(31)14-22(13-20)40-11-10-39-8-3-4-9-39/h5-7,12-18H,2-4,8-11H2,1H3,(H,35,36)(H,37,38)/b19-16+,33-18?. The number of H-pyrrole nitrogens is 2. The van der Waals surface area contributed by atoms with Crippen molar-refractivity contribution in [2.45, 2.75) is 19.8 Å². The smallest absolute Gasteiger partial charge is 0.159 e. The first-order chi connectivity index (χ1) is 19.6. The number of para-hydroxylation sites is 1. The number of rotatable bonds is 9. The first kappa shape index (κ1) is 25.6. The molecule has 4 heterocycles. The summed E-state index contributed by atoms with van der Waals surface area (Å²) in [5, 5.41) is 8.42. The predicted octanol–water partition coefficient (Wildman–Crippen LogP) is 5.87. The number of hydrogen-bond acceptors (Lipinski definition) is 6. The van der Waals surface area contributed by atoms with Crippen LogP contribution in [0, 0.1) is 5.82 Å². The second-order valence-corrected chi connectivity index (χ2v) is 9.81. The lowest BCUT2D eigenvalue weighted by Crippen LogP contribution is -2.25. The Morgan fingerprint density at radius 1 is 1.18 bits per heavy atom. The third-order valence-electron chi connectivity index (χ3n) is 7.06. The molecule has 10 heteroatoms. The molecule has 5 aromatic rings. The molecule has 0 atom stereocenters. The van der Waals surface area contributed by atoms with Gasteiger partial charge in [-0.2, -0.15) is 5.10 Å².